The van der Waals surface area contributed by atoms with Gasteiger partial charge in [-0.2, -0.15) is 0 Å². The summed E-state index contributed by atoms with van der Waals surface area (Å²) in [5.41, 5.74) is -1.04. The van der Waals surface area contributed by atoms with Gasteiger partial charge in [-0.05, 0) is 6.92 Å². The molecule has 2 saturated heterocycles. The molecule has 0 aromatic carbocycles. The van der Waals surface area contributed by atoms with E-state index in [2.05, 4.69) is 20.8 Å². The summed E-state index contributed by atoms with van der Waals surface area (Å²) in [7, 11) is 1.48. The summed E-state index contributed by atoms with van der Waals surface area (Å²) in [6, 6.07) is -1.02. The van der Waals surface area contributed by atoms with Crippen LogP contribution in [0, 0.1) is 12.3 Å². The Balaban J connectivity index is 1.67. The summed E-state index contributed by atoms with van der Waals surface area (Å²) in [5.74, 6) is -0.493. The molecule has 2 unspecified atom stereocenters. The predicted molar refractivity (Wildman–Crippen MR) is 94.8 cm³/mol. The van der Waals surface area contributed by atoms with Gasteiger partial charge in [0, 0.05) is 25.1 Å². The van der Waals surface area contributed by atoms with E-state index in [9.17, 15) is 19.5 Å². The molecule has 0 saturated carbocycles. The molecule has 3 N–H and O–H groups in total. The molecule has 12 heteroatoms. The fourth-order valence-corrected chi connectivity index (χ4v) is 6.33. The van der Waals surface area contributed by atoms with E-state index in [4.69, 9.17) is 0 Å². The van der Waals surface area contributed by atoms with E-state index in [0.717, 1.165) is 9.35 Å². The van der Waals surface area contributed by atoms with Crippen LogP contribution in [-0.2, 0) is 9.59 Å². The van der Waals surface area contributed by atoms with Crippen LogP contribution in [0.4, 0.5) is 4.79 Å². The molecule has 0 bridgehead atoms. The maximum Gasteiger partial charge on any atom is 0.315 e. The first-order valence-electron chi connectivity index (χ1n) is 7.43. The second-order valence-electron chi connectivity index (χ2n) is 5.83. The summed E-state index contributed by atoms with van der Waals surface area (Å²) in [6.07, 6.45) is 0. The van der Waals surface area contributed by atoms with Gasteiger partial charge < -0.3 is 20.6 Å². The number of aryl methyl sites for hydroxylation is 1. The van der Waals surface area contributed by atoms with E-state index < -0.39 is 23.5 Å². The Morgan fingerprint density at radius 2 is 2.24 bits per heavy atom. The van der Waals surface area contributed by atoms with Gasteiger partial charge in [0.2, 0.25) is 5.91 Å². The Hall–Kier alpha value is -1.53. The van der Waals surface area contributed by atoms with Crippen molar-refractivity contribution in [1.82, 2.24) is 25.7 Å². The average Bonchev–Trinajstić information content (AvgIpc) is 3.02. The third kappa shape index (κ3) is 3.42. The summed E-state index contributed by atoms with van der Waals surface area (Å²) < 4.78 is 0.722. The molecule has 0 radical (unpaired) electrons. The number of fused-ring (bicyclic) bond motifs is 1. The zero-order chi connectivity index (χ0) is 18.2. The monoisotopic (exact) mass is 403 g/mol. The van der Waals surface area contributed by atoms with Crippen LogP contribution in [-0.4, -0.2) is 74.6 Å². The van der Waals surface area contributed by atoms with Crippen molar-refractivity contribution in [3.8, 4) is 0 Å². The lowest BCUT2D eigenvalue weighted by Crippen LogP contribution is -2.74. The molecule has 25 heavy (non-hydrogen) atoms. The van der Waals surface area contributed by atoms with Crippen LogP contribution in [0.25, 0.3) is 0 Å². The van der Waals surface area contributed by atoms with Crippen LogP contribution < -0.4 is 10.6 Å². The number of amides is 3. The SMILES string of the molecule is CNC(=O)NC1C(=O)N2CC(CSc3nnc(C)s3)(C(=O)O)CS[C@H]12. The molecule has 3 rings (SSSR count). The maximum atomic E-state index is 12.3. The van der Waals surface area contributed by atoms with E-state index in [1.165, 1.54) is 46.8 Å². The number of urea groups is 1. The number of β-lactam (4-membered cyclic amide) rings is 1. The number of hydrogen-bond donors (Lipinski definition) is 3. The number of rotatable bonds is 5. The molecular formula is C13H17N5O4S3. The highest BCUT2D eigenvalue weighted by molar-refractivity contribution is 8.01. The Kier molecular flexibility index (Phi) is 5.11. The standard InChI is InChI=1S/C13H17N5O4S3/c1-6-16-17-12(25-6)24-5-13(10(20)21)3-18-8(19)7(9(18)23-4-13)15-11(22)14-2/h7,9H,3-5H2,1-2H3,(H,20,21)(H2,14,15,22)/t7?,9-,13?/m1/s1. The van der Waals surface area contributed by atoms with E-state index in [1.807, 2.05) is 6.92 Å². The van der Waals surface area contributed by atoms with E-state index in [1.54, 1.807) is 0 Å². The number of thioether (sulfide) groups is 2. The smallest absolute Gasteiger partial charge is 0.315 e. The van der Waals surface area contributed by atoms with E-state index in [-0.39, 0.29) is 17.8 Å². The minimum absolute atomic E-state index is 0.134. The fourth-order valence-electron chi connectivity index (χ4n) is 2.66. The molecule has 9 nitrogen and oxygen atoms in total. The Morgan fingerprint density at radius 3 is 2.84 bits per heavy atom. The van der Waals surface area contributed by atoms with Crippen LogP contribution in [0.3, 0.4) is 0 Å². The first-order valence-corrected chi connectivity index (χ1v) is 10.3. The van der Waals surface area contributed by atoms with Crippen molar-refractivity contribution >= 4 is 52.8 Å². The van der Waals surface area contributed by atoms with Crippen LogP contribution in [0.15, 0.2) is 4.34 Å². The summed E-state index contributed by atoms with van der Waals surface area (Å²) in [4.78, 5) is 37.2. The predicted octanol–water partition coefficient (Wildman–Crippen LogP) is 0.222. The molecule has 2 aliphatic heterocycles. The molecule has 2 aliphatic rings. The molecule has 3 amide bonds. The van der Waals surface area contributed by atoms with Gasteiger partial charge in [-0.25, -0.2) is 4.79 Å². The lowest BCUT2D eigenvalue weighted by atomic mass is 9.89. The molecule has 1 aromatic rings. The third-order valence-corrected chi connectivity index (χ3v) is 7.94. The Morgan fingerprint density at radius 1 is 1.48 bits per heavy atom. The van der Waals surface area contributed by atoms with Crippen LogP contribution >= 0.6 is 34.9 Å². The zero-order valence-electron chi connectivity index (χ0n) is 13.5. The van der Waals surface area contributed by atoms with Crippen molar-refractivity contribution in [3.05, 3.63) is 5.01 Å². The lowest BCUT2D eigenvalue weighted by molar-refractivity contribution is -0.155. The highest BCUT2D eigenvalue weighted by atomic mass is 32.2. The first kappa shape index (κ1) is 18.3. The number of carboxylic acid groups (broad SMARTS) is 1. The first-order chi connectivity index (χ1) is 11.9. The molecule has 0 aliphatic carbocycles. The van der Waals surface area contributed by atoms with Gasteiger partial charge in [0.15, 0.2) is 4.34 Å². The highest BCUT2D eigenvalue weighted by Crippen LogP contribution is 2.44. The average molecular weight is 404 g/mol. The summed E-state index contributed by atoms with van der Waals surface area (Å²) >= 11 is 4.16. The van der Waals surface area contributed by atoms with Crippen LogP contribution in [0.2, 0.25) is 0 Å². The number of nitrogens with zero attached hydrogens (tertiary/aromatic N) is 3. The lowest BCUT2D eigenvalue weighted by Gasteiger charge is -2.53. The molecule has 136 valence electrons. The Bertz CT molecular complexity index is 714. The third-order valence-electron chi connectivity index (χ3n) is 4.09. The number of nitrogens with one attached hydrogen (secondary N) is 2. The number of hydrogen-bond acceptors (Lipinski definition) is 8. The number of carbonyl (C=O) groups is 3. The topological polar surface area (TPSA) is 125 Å². The van der Waals surface area contributed by atoms with Crippen molar-refractivity contribution in [2.75, 3.05) is 25.1 Å². The van der Waals surface area contributed by atoms with Crippen LogP contribution in [0.5, 0.6) is 0 Å². The number of carboxylic acids is 1. The summed E-state index contributed by atoms with van der Waals surface area (Å²) in [6.45, 7) is 1.98. The van der Waals surface area contributed by atoms with Crippen molar-refractivity contribution in [3.63, 3.8) is 0 Å². The van der Waals surface area contributed by atoms with Gasteiger partial charge in [-0.3, -0.25) is 9.59 Å². The second-order valence-corrected chi connectivity index (χ2v) is 9.34. The molecule has 2 fully saturated rings. The molecule has 3 heterocycles. The van der Waals surface area contributed by atoms with Crippen molar-refractivity contribution in [2.24, 2.45) is 5.41 Å². The van der Waals surface area contributed by atoms with Gasteiger partial charge in [0.05, 0.1) is 0 Å². The quantitative estimate of drug-likeness (QED) is 0.471. The summed E-state index contributed by atoms with van der Waals surface area (Å²) in [5, 5.41) is 23.3. The van der Waals surface area contributed by atoms with Crippen molar-refractivity contribution in [1.29, 1.82) is 0 Å². The van der Waals surface area contributed by atoms with E-state index in [0.29, 0.717) is 11.5 Å². The van der Waals surface area contributed by atoms with Crippen molar-refractivity contribution < 1.29 is 19.5 Å². The van der Waals surface area contributed by atoms with Gasteiger partial charge in [-0.15, -0.1) is 22.0 Å². The number of aliphatic carboxylic acids is 1. The fraction of sp³-hybridized carbons (Fsp3) is 0.615. The van der Waals surface area contributed by atoms with Gasteiger partial charge in [-0.1, -0.05) is 23.1 Å². The second kappa shape index (κ2) is 7.00. The maximum absolute atomic E-state index is 12.3. The minimum atomic E-state index is -1.04. The number of carbonyl (C=O) groups excluding carboxylic acids is 2. The number of aromatic nitrogens is 2. The van der Waals surface area contributed by atoms with E-state index >= 15 is 0 Å². The highest BCUT2D eigenvalue weighted by Gasteiger charge is 2.57. The molecule has 0 spiro atoms. The van der Waals surface area contributed by atoms with Gasteiger partial charge in [0.25, 0.3) is 0 Å². The van der Waals surface area contributed by atoms with Crippen LogP contribution in [0.1, 0.15) is 5.01 Å². The molecule has 1 aromatic heterocycles. The van der Waals surface area contributed by atoms with Crippen molar-refractivity contribution in [2.45, 2.75) is 22.7 Å². The molecule has 3 atom stereocenters. The normalized spacial score (nSPS) is 28.1. The molecular weight excluding hydrogens is 386 g/mol. The Labute approximate surface area is 156 Å². The van der Waals surface area contributed by atoms with Gasteiger partial charge >= 0.3 is 12.0 Å². The van der Waals surface area contributed by atoms with Gasteiger partial charge in [0.1, 0.15) is 21.8 Å². The minimum Gasteiger partial charge on any atom is -0.481 e. The zero-order valence-corrected chi connectivity index (χ0v) is 16.0. The largest absolute Gasteiger partial charge is 0.481 e.